The van der Waals surface area contributed by atoms with Crippen LogP contribution in [0.5, 0.6) is 5.75 Å². The number of carbonyl (C=O) groups excluding carboxylic acids is 1. The van der Waals surface area contributed by atoms with Gasteiger partial charge < -0.3 is 9.64 Å². The van der Waals surface area contributed by atoms with Gasteiger partial charge in [0, 0.05) is 24.9 Å². The summed E-state index contributed by atoms with van der Waals surface area (Å²) in [4.78, 5) is 32.1. The van der Waals surface area contributed by atoms with E-state index < -0.39 is 0 Å². The molecule has 2 aromatic heterocycles. The van der Waals surface area contributed by atoms with Crippen LogP contribution in [-0.4, -0.2) is 39.1 Å². The lowest BCUT2D eigenvalue weighted by Gasteiger charge is -2.29. The Morgan fingerprint density at radius 3 is 2.75 bits per heavy atom. The molecule has 28 heavy (non-hydrogen) atoms. The molecular weight excluding hydrogens is 356 g/mol. The van der Waals surface area contributed by atoms with Crippen LogP contribution in [-0.2, 0) is 17.8 Å². The number of aromatic amines is 1. The van der Waals surface area contributed by atoms with Crippen molar-refractivity contribution in [2.75, 3.05) is 13.7 Å². The smallest absolute Gasteiger partial charge is 0.277 e. The molecule has 0 aliphatic carbocycles. The Kier molecular flexibility index (Phi) is 4.66. The third-order valence-electron chi connectivity index (χ3n) is 5.51. The van der Waals surface area contributed by atoms with Gasteiger partial charge in [-0.25, -0.2) is 9.50 Å². The number of benzene rings is 1. The summed E-state index contributed by atoms with van der Waals surface area (Å²) in [5.74, 6) is 0.841. The van der Waals surface area contributed by atoms with Crippen LogP contribution in [0.15, 0.2) is 35.1 Å². The van der Waals surface area contributed by atoms with Crippen molar-refractivity contribution in [3.63, 3.8) is 0 Å². The predicted molar refractivity (Wildman–Crippen MR) is 106 cm³/mol. The molecule has 1 N–H and O–H groups in total. The quantitative estimate of drug-likeness (QED) is 0.755. The molecule has 0 saturated heterocycles. The summed E-state index contributed by atoms with van der Waals surface area (Å²) in [5, 5.41) is 3.14. The molecule has 0 saturated carbocycles. The molecule has 7 heteroatoms. The van der Waals surface area contributed by atoms with Crippen molar-refractivity contribution in [3.8, 4) is 17.0 Å². The van der Waals surface area contributed by atoms with Crippen LogP contribution >= 0.6 is 0 Å². The standard InChI is InChI=1S/C21H24N4O3/c1-4-13(2)20(26)24-10-9-17-16(12-24)21(27)25-19(22-17)11-18(23-25)14-5-7-15(28-3)8-6-14/h5-8,11,13,23H,4,9-10,12H2,1-3H3/t13-/m1/s1. The predicted octanol–water partition coefficient (Wildman–Crippen LogP) is 2.63. The molecule has 1 amide bonds. The number of ether oxygens (including phenoxy) is 1. The Hall–Kier alpha value is -3.09. The third-order valence-corrected chi connectivity index (χ3v) is 5.51. The van der Waals surface area contributed by atoms with E-state index in [4.69, 9.17) is 4.74 Å². The lowest BCUT2D eigenvalue weighted by atomic mass is 10.0. The van der Waals surface area contributed by atoms with Crippen LogP contribution in [0.3, 0.4) is 0 Å². The van der Waals surface area contributed by atoms with Crippen molar-refractivity contribution >= 4 is 11.6 Å². The number of fused-ring (bicyclic) bond motifs is 2. The fourth-order valence-electron chi connectivity index (χ4n) is 3.57. The highest BCUT2D eigenvalue weighted by atomic mass is 16.5. The molecule has 0 radical (unpaired) electrons. The van der Waals surface area contributed by atoms with Crippen molar-refractivity contribution in [3.05, 3.63) is 51.9 Å². The van der Waals surface area contributed by atoms with E-state index in [0.717, 1.165) is 29.1 Å². The first kappa shape index (κ1) is 18.3. The van der Waals surface area contributed by atoms with E-state index in [0.29, 0.717) is 30.7 Å². The van der Waals surface area contributed by atoms with Gasteiger partial charge in [-0.05, 0) is 36.2 Å². The maximum atomic E-state index is 13.1. The summed E-state index contributed by atoms with van der Waals surface area (Å²) >= 11 is 0. The van der Waals surface area contributed by atoms with E-state index in [1.54, 1.807) is 12.0 Å². The molecule has 1 aliphatic rings. The largest absolute Gasteiger partial charge is 0.497 e. The van der Waals surface area contributed by atoms with Crippen LogP contribution in [0.2, 0.25) is 0 Å². The van der Waals surface area contributed by atoms with Gasteiger partial charge in [-0.1, -0.05) is 13.8 Å². The third kappa shape index (κ3) is 3.06. The summed E-state index contributed by atoms with van der Waals surface area (Å²) in [5.41, 5.74) is 3.60. The summed E-state index contributed by atoms with van der Waals surface area (Å²) < 4.78 is 6.66. The van der Waals surface area contributed by atoms with E-state index in [9.17, 15) is 9.59 Å². The summed E-state index contributed by atoms with van der Waals surface area (Å²) in [6.45, 7) is 4.86. The number of amides is 1. The Bertz CT molecular complexity index is 1080. The molecular formula is C21H24N4O3. The number of aromatic nitrogens is 3. The minimum absolute atomic E-state index is 0.0341. The van der Waals surface area contributed by atoms with Gasteiger partial charge in [0.25, 0.3) is 5.56 Å². The van der Waals surface area contributed by atoms with Crippen LogP contribution < -0.4 is 10.3 Å². The molecule has 4 rings (SSSR count). The SMILES string of the molecule is CC[C@@H](C)C(=O)N1CCc2nc3cc(-c4ccc(OC)cc4)[nH]n3c(=O)c2C1. The minimum Gasteiger partial charge on any atom is -0.497 e. The second-order valence-corrected chi connectivity index (χ2v) is 7.25. The van der Waals surface area contributed by atoms with Gasteiger partial charge in [0.15, 0.2) is 5.65 Å². The molecule has 7 nitrogen and oxygen atoms in total. The first-order valence-electron chi connectivity index (χ1n) is 9.58. The zero-order valence-corrected chi connectivity index (χ0v) is 16.4. The van der Waals surface area contributed by atoms with E-state index in [-0.39, 0.29) is 17.4 Å². The fraction of sp³-hybridized carbons (Fsp3) is 0.381. The van der Waals surface area contributed by atoms with Crippen molar-refractivity contribution in [1.82, 2.24) is 19.5 Å². The second kappa shape index (κ2) is 7.14. The van der Waals surface area contributed by atoms with Crippen LogP contribution in [0.25, 0.3) is 16.9 Å². The Balaban J connectivity index is 1.71. The number of hydrogen-bond acceptors (Lipinski definition) is 4. The molecule has 0 bridgehead atoms. The zero-order valence-electron chi connectivity index (χ0n) is 16.4. The number of carbonyl (C=O) groups is 1. The van der Waals surface area contributed by atoms with Gasteiger partial charge in [-0.3, -0.25) is 14.7 Å². The highest BCUT2D eigenvalue weighted by Gasteiger charge is 2.27. The van der Waals surface area contributed by atoms with Crippen molar-refractivity contribution < 1.29 is 9.53 Å². The first-order chi connectivity index (χ1) is 13.5. The molecule has 0 unspecified atom stereocenters. The van der Waals surface area contributed by atoms with E-state index >= 15 is 0 Å². The number of hydrogen-bond donors (Lipinski definition) is 1. The normalized spacial score (nSPS) is 14.8. The molecule has 1 aliphatic heterocycles. The highest BCUT2D eigenvalue weighted by Crippen LogP contribution is 2.23. The number of nitrogens with one attached hydrogen (secondary N) is 1. The van der Waals surface area contributed by atoms with Gasteiger partial charge in [0.1, 0.15) is 5.75 Å². The topological polar surface area (TPSA) is 79.7 Å². The van der Waals surface area contributed by atoms with Crippen LogP contribution in [0.1, 0.15) is 31.5 Å². The lowest BCUT2D eigenvalue weighted by Crippen LogP contribution is -2.42. The molecule has 0 spiro atoms. The average Bonchev–Trinajstić information content (AvgIpc) is 3.17. The van der Waals surface area contributed by atoms with Crippen molar-refractivity contribution in [1.29, 1.82) is 0 Å². The Morgan fingerprint density at radius 2 is 2.07 bits per heavy atom. The van der Waals surface area contributed by atoms with Crippen LogP contribution in [0, 0.1) is 5.92 Å². The summed E-state index contributed by atoms with van der Waals surface area (Å²) in [6, 6.07) is 9.49. The van der Waals surface area contributed by atoms with Gasteiger partial charge in [-0.15, -0.1) is 0 Å². The Labute approximate surface area is 162 Å². The summed E-state index contributed by atoms with van der Waals surface area (Å²) in [6.07, 6.45) is 1.40. The molecule has 1 atom stereocenters. The van der Waals surface area contributed by atoms with Gasteiger partial charge >= 0.3 is 0 Å². The Morgan fingerprint density at radius 1 is 1.32 bits per heavy atom. The van der Waals surface area contributed by atoms with E-state index in [2.05, 4.69) is 10.1 Å². The fourth-order valence-corrected chi connectivity index (χ4v) is 3.57. The van der Waals surface area contributed by atoms with E-state index in [1.807, 2.05) is 44.2 Å². The highest BCUT2D eigenvalue weighted by molar-refractivity contribution is 5.78. The van der Waals surface area contributed by atoms with Crippen molar-refractivity contribution in [2.45, 2.75) is 33.2 Å². The lowest BCUT2D eigenvalue weighted by molar-refractivity contribution is -0.136. The maximum absolute atomic E-state index is 13.1. The van der Waals surface area contributed by atoms with Gasteiger partial charge in [0.05, 0.1) is 30.6 Å². The average molecular weight is 380 g/mol. The minimum atomic E-state index is -0.138. The maximum Gasteiger partial charge on any atom is 0.277 e. The molecule has 3 aromatic rings. The number of methoxy groups -OCH3 is 1. The number of nitrogens with zero attached hydrogens (tertiary/aromatic N) is 3. The monoisotopic (exact) mass is 380 g/mol. The molecule has 0 fully saturated rings. The van der Waals surface area contributed by atoms with Gasteiger partial charge in [0.2, 0.25) is 5.91 Å². The molecule has 146 valence electrons. The van der Waals surface area contributed by atoms with E-state index in [1.165, 1.54) is 4.52 Å². The zero-order chi connectivity index (χ0) is 19.8. The summed E-state index contributed by atoms with van der Waals surface area (Å²) in [7, 11) is 1.63. The molecule has 1 aromatic carbocycles. The van der Waals surface area contributed by atoms with Gasteiger partial charge in [-0.2, -0.15) is 0 Å². The first-order valence-corrected chi connectivity index (χ1v) is 9.58. The van der Waals surface area contributed by atoms with Crippen LogP contribution in [0.4, 0.5) is 0 Å². The second-order valence-electron chi connectivity index (χ2n) is 7.25. The number of H-pyrrole nitrogens is 1. The number of rotatable bonds is 4. The van der Waals surface area contributed by atoms with Crippen molar-refractivity contribution in [2.24, 2.45) is 5.92 Å². The molecule has 3 heterocycles.